The number of carbonyl (C=O) groups excluding carboxylic acids is 13. The summed E-state index contributed by atoms with van der Waals surface area (Å²) in [5.74, 6) is -5.23. The molecule has 0 fully saturated rings. The van der Waals surface area contributed by atoms with Gasteiger partial charge >= 0.3 is 12.2 Å². The van der Waals surface area contributed by atoms with Gasteiger partial charge in [0.15, 0.2) is 35.5 Å². The molecule has 8 atom stereocenters. The number of hydrogen-bond donors (Lipinski definition) is 9. The van der Waals surface area contributed by atoms with E-state index in [0.717, 1.165) is 25.8 Å². The zero-order valence-electron chi connectivity index (χ0n) is 81.3. The highest BCUT2D eigenvalue weighted by Crippen LogP contribution is 2.45. The fraction of sp³-hybridized carbons (Fsp3) is 0.557. The van der Waals surface area contributed by atoms with Crippen molar-refractivity contribution in [1.29, 1.82) is 0 Å². The highest BCUT2D eigenvalue weighted by molar-refractivity contribution is 6.13. The third kappa shape index (κ3) is 34.3. The molecule has 4 aromatic carbocycles. The van der Waals surface area contributed by atoms with Gasteiger partial charge < -0.3 is 133 Å². The van der Waals surface area contributed by atoms with Gasteiger partial charge in [0.05, 0.1) is 188 Å². The van der Waals surface area contributed by atoms with Crippen LogP contribution in [0.1, 0.15) is 139 Å². The Bertz CT molecular complexity index is 4870. The molecule has 0 bridgehead atoms. The molecule has 13 amide bonds. The van der Waals surface area contributed by atoms with Crippen LogP contribution in [0.5, 0.6) is 23.0 Å². The zero-order valence-corrected chi connectivity index (χ0v) is 81.3. The maximum Gasteiger partial charge on any atom is 0.416 e. The summed E-state index contributed by atoms with van der Waals surface area (Å²) in [4.78, 5) is 178. The van der Waals surface area contributed by atoms with Crippen LogP contribution in [0.15, 0.2) is 108 Å². The Balaban J connectivity index is 0.656. The van der Waals surface area contributed by atoms with E-state index in [-0.39, 0.29) is 174 Å². The number of anilines is 4. The van der Waals surface area contributed by atoms with E-state index in [1.807, 2.05) is 0 Å². The molecule has 140 heavy (non-hydrogen) atoms. The summed E-state index contributed by atoms with van der Waals surface area (Å²) in [6, 6.07) is 12.8. The standard InChI is InChI=1S/C97H134N12O31/c1-61(2)86(103-82(111)26-32-128-36-35-125-9)90(117)99-65(7)88(115)101-69-19-15-67(16-20-69)59-139-96(123)108-73-55-79(77(126-10)53-71(73)92(119)106-57-63(5)51-75(106)94(108)121)137-30-13-12-14-31-138-80-56-74-72(54-78(80)127-11)93(120)107-58-64(6)52-76(107)95(122)109(74)97(124)140-60-68-17-21-70(22-18-68)102-89(116)66(8)100-91(118)87(62(3)4)104-83(112)27-33-129-37-39-131-41-43-133-45-47-135-49-50-136-48-46-134-44-42-132-40-38-130-34-28-98-81(110)25-29-105-84(113)23-24-85(105)114/h15-24,53-58,61-62,65-66,75-76,86-87,94-95,121-122H,12-14,25-52,59-60H2,1-11H3,(H,98,110)(H,99,117)(H,100,118)(H,101,115)(H,102,116)(H,103,111)(H,104,112). The van der Waals surface area contributed by atoms with Gasteiger partial charge in [-0.1, -0.05) is 63.1 Å². The first-order valence-corrected chi connectivity index (χ1v) is 46.9. The molecule has 9 rings (SSSR count). The second kappa shape index (κ2) is 58.1. The molecule has 4 aromatic rings. The van der Waals surface area contributed by atoms with Gasteiger partial charge in [0.1, 0.15) is 37.4 Å². The van der Waals surface area contributed by atoms with Crippen molar-refractivity contribution in [3.8, 4) is 23.0 Å². The molecule has 5 heterocycles. The van der Waals surface area contributed by atoms with E-state index in [2.05, 4.69) is 37.2 Å². The summed E-state index contributed by atoms with van der Waals surface area (Å²) in [6.45, 7) is 19.6. The predicted octanol–water partition coefficient (Wildman–Crippen LogP) is 5.69. The zero-order chi connectivity index (χ0) is 101. The predicted molar refractivity (Wildman–Crippen MR) is 506 cm³/mol. The number of hydrogen-bond acceptors (Lipinski definition) is 31. The number of aliphatic hydroxyl groups excluding tert-OH is 2. The van der Waals surface area contributed by atoms with Crippen molar-refractivity contribution in [2.24, 2.45) is 11.8 Å². The Morgan fingerprint density at radius 2 is 0.764 bits per heavy atom. The van der Waals surface area contributed by atoms with Gasteiger partial charge in [-0.2, -0.15) is 0 Å². The van der Waals surface area contributed by atoms with Gasteiger partial charge in [-0.15, -0.1) is 0 Å². The van der Waals surface area contributed by atoms with Crippen LogP contribution >= 0.6 is 0 Å². The number of unbranched alkanes of at least 4 members (excludes halogenated alkanes) is 2. The van der Waals surface area contributed by atoms with Gasteiger partial charge in [0.2, 0.25) is 41.4 Å². The van der Waals surface area contributed by atoms with Crippen LogP contribution < -0.4 is 66.0 Å². The fourth-order valence-electron chi connectivity index (χ4n) is 15.0. The van der Waals surface area contributed by atoms with E-state index in [1.165, 1.54) is 81.4 Å². The first kappa shape index (κ1) is 111. The number of nitrogens with one attached hydrogen (secondary N) is 7. The number of ether oxygens (including phenoxy) is 16. The Hall–Kier alpha value is -12.3. The Labute approximate surface area is 813 Å². The van der Waals surface area contributed by atoms with Crippen molar-refractivity contribution in [3.05, 3.63) is 131 Å². The number of rotatable bonds is 62. The van der Waals surface area contributed by atoms with Crippen LogP contribution in [0, 0.1) is 11.8 Å². The second-order valence-electron chi connectivity index (χ2n) is 34.1. The molecule has 8 unspecified atom stereocenters. The van der Waals surface area contributed by atoms with E-state index in [4.69, 9.17) is 75.8 Å². The lowest BCUT2D eigenvalue weighted by molar-refractivity contribution is -0.137. The fourth-order valence-corrected chi connectivity index (χ4v) is 15.0. The number of fused-ring (bicyclic) bond motifs is 4. The molecule has 0 aromatic heterocycles. The molecule has 0 spiro atoms. The molecule has 0 radical (unpaired) electrons. The van der Waals surface area contributed by atoms with E-state index < -0.39 is 114 Å². The highest BCUT2D eigenvalue weighted by atomic mass is 16.6. The Morgan fingerprint density at radius 3 is 1.12 bits per heavy atom. The number of carbonyl (C=O) groups is 13. The van der Waals surface area contributed by atoms with Crippen molar-refractivity contribution in [2.75, 3.05) is 194 Å². The number of benzene rings is 4. The number of nitrogens with zero attached hydrogens (tertiary/aromatic N) is 5. The lowest BCUT2D eigenvalue weighted by atomic mass is 10.0. The topological polar surface area (TPSA) is 510 Å². The van der Waals surface area contributed by atoms with Gasteiger partial charge in [0.25, 0.3) is 23.6 Å². The molecule has 0 aliphatic carbocycles. The van der Waals surface area contributed by atoms with Crippen molar-refractivity contribution in [2.45, 2.75) is 169 Å². The largest absolute Gasteiger partial charge is 0.493 e. The minimum absolute atomic E-state index is 0.00438. The average molecular weight is 1960 g/mol. The SMILES string of the molecule is COCCOCCC(=O)NC(C(=O)NC(C)C(=O)Nc1ccc(COC(=O)N2c3cc(OCCCCCOc4cc5c(cc4OC)C(=O)N4C=C(C)CC4C(O)N5C(=O)OCc4ccc(NC(=O)C(C)NC(=O)C(NC(=O)CCOCCOCCOCCOCCOCCOCCOCCOCCNC(=O)CCN5C(=O)C=CC5=O)C(C)C)cc4)c(OC)cc3C(=O)N3C=C(C)CC3C2O)cc1)C(C)C. The summed E-state index contributed by atoms with van der Waals surface area (Å²) in [7, 11) is 4.33. The lowest BCUT2D eigenvalue weighted by Gasteiger charge is -2.31. The average Bonchev–Trinajstić information content (AvgIpc) is 1.60. The lowest BCUT2D eigenvalue weighted by Crippen LogP contribution is -2.53. The minimum atomic E-state index is -1.60. The second-order valence-corrected chi connectivity index (χ2v) is 34.1. The third-order valence-electron chi connectivity index (χ3n) is 22.6. The maximum atomic E-state index is 14.5. The van der Waals surface area contributed by atoms with Crippen LogP contribution in [0.3, 0.4) is 0 Å². The Kier molecular flexibility index (Phi) is 46.2. The quantitative estimate of drug-likeness (QED) is 0.0189. The van der Waals surface area contributed by atoms with Crippen molar-refractivity contribution in [1.82, 2.24) is 41.3 Å². The normalized spacial score (nSPS) is 16.8. The number of methoxy groups -OCH3 is 3. The van der Waals surface area contributed by atoms with Crippen LogP contribution in [-0.4, -0.2) is 324 Å². The molecule has 768 valence electrons. The van der Waals surface area contributed by atoms with Crippen LogP contribution in [0.2, 0.25) is 0 Å². The molecule has 5 aliphatic rings. The van der Waals surface area contributed by atoms with Crippen molar-refractivity contribution >= 4 is 99.9 Å². The molecule has 5 aliphatic heterocycles. The number of amides is 13. The van der Waals surface area contributed by atoms with E-state index in [9.17, 15) is 72.5 Å². The molecule has 9 N–H and O–H groups in total. The molecular formula is C97H134N12O31. The third-order valence-corrected chi connectivity index (χ3v) is 22.6. The van der Waals surface area contributed by atoms with Crippen molar-refractivity contribution in [3.63, 3.8) is 0 Å². The summed E-state index contributed by atoms with van der Waals surface area (Å²) >= 11 is 0. The molecule has 0 saturated carbocycles. The summed E-state index contributed by atoms with van der Waals surface area (Å²) in [6.07, 6.45) is 2.33. The Morgan fingerprint density at radius 1 is 0.407 bits per heavy atom. The number of imide groups is 1. The van der Waals surface area contributed by atoms with Gasteiger partial charge in [-0.25, -0.2) is 19.4 Å². The van der Waals surface area contributed by atoms with Gasteiger partial charge in [0, 0.05) is 87.5 Å². The minimum Gasteiger partial charge on any atom is -0.493 e. The van der Waals surface area contributed by atoms with E-state index >= 15 is 0 Å². The van der Waals surface area contributed by atoms with E-state index in [0.29, 0.717) is 134 Å². The smallest absolute Gasteiger partial charge is 0.416 e. The summed E-state index contributed by atoms with van der Waals surface area (Å²) < 4.78 is 90.2. The van der Waals surface area contributed by atoms with Crippen molar-refractivity contribution < 1.29 is 148 Å². The molecule has 0 saturated heterocycles. The van der Waals surface area contributed by atoms with Crippen LogP contribution in [-0.2, 0) is 113 Å². The highest BCUT2D eigenvalue weighted by Gasteiger charge is 2.48. The summed E-state index contributed by atoms with van der Waals surface area (Å²) in [5, 5.41) is 43.2. The van der Waals surface area contributed by atoms with Gasteiger partial charge in [-0.3, -0.25) is 57.6 Å². The molecule has 43 nitrogen and oxygen atoms in total. The molecule has 43 heteroatoms. The van der Waals surface area contributed by atoms with Crippen LogP contribution in [0.4, 0.5) is 32.3 Å². The van der Waals surface area contributed by atoms with Gasteiger partial charge in [-0.05, 0) is 119 Å². The van der Waals surface area contributed by atoms with Crippen LogP contribution in [0.25, 0.3) is 0 Å². The summed E-state index contributed by atoms with van der Waals surface area (Å²) in [5.41, 5.74) is 3.28. The monoisotopic (exact) mass is 1960 g/mol. The van der Waals surface area contributed by atoms with E-state index in [1.54, 1.807) is 102 Å². The first-order valence-electron chi connectivity index (χ1n) is 46.9. The maximum absolute atomic E-state index is 14.5. The molecular weight excluding hydrogens is 1830 g/mol. The number of aliphatic hydroxyl groups is 2. The first-order chi connectivity index (χ1) is 67.4.